The van der Waals surface area contributed by atoms with E-state index in [1.54, 1.807) is 11.9 Å². The number of carbonyl (C=O) groups is 1. The van der Waals surface area contributed by atoms with E-state index < -0.39 is 0 Å². The summed E-state index contributed by atoms with van der Waals surface area (Å²) in [6.07, 6.45) is 0. The number of furan rings is 1. The number of rotatable bonds is 4. The maximum atomic E-state index is 12.7. The molecule has 4 nitrogen and oxygen atoms in total. The third-order valence-electron chi connectivity index (χ3n) is 4.60. The van der Waals surface area contributed by atoms with Gasteiger partial charge < -0.3 is 14.6 Å². The third kappa shape index (κ3) is 2.90. The Morgan fingerprint density at radius 2 is 1.62 bits per heavy atom. The number of amides is 1. The van der Waals surface area contributed by atoms with Crippen LogP contribution in [0, 0.1) is 0 Å². The number of nitrogens with one attached hydrogen (secondary N) is 1. The first-order chi connectivity index (χ1) is 12.6. The fourth-order valence-corrected chi connectivity index (χ4v) is 3.20. The number of anilines is 2. The van der Waals surface area contributed by atoms with Gasteiger partial charge in [-0.25, -0.2) is 0 Å². The van der Waals surface area contributed by atoms with Gasteiger partial charge in [-0.3, -0.25) is 4.79 Å². The lowest BCUT2D eigenvalue weighted by atomic mass is 10.1. The topological polar surface area (TPSA) is 45.5 Å². The highest BCUT2D eigenvalue weighted by atomic mass is 16.3. The van der Waals surface area contributed by atoms with E-state index in [1.807, 2.05) is 79.7 Å². The van der Waals surface area contributed by atoms with Crippen LogP contribution in [0.3, 0.4) is 0 Å². The molecule has 3 aromatic carbocycles. The van der Waals surface area contributed by atoms with E-state index in [4.69, 9.17) is 4.42 Å². The Hall–Kier alpha value is -3.27. The van der Waals surface area contributed by atoms with Gasteiger partial charge in [0.15, 0.2) is 0 Å². The van der Waals surface area contributed by atoms with E-state index in [0.29, 0.717) is 0 Å². The molecule has 0 radical (unpaired) electrons. The molecule has 4 rings (SSSR count). The molecule has 0 aliphatic rings. The molecular weight excluding hydrogens is 324 g/mol. The lowest BCUT2D eigenvalue weighted by Gasteiger charge is -2.23. The largest absolute Gasteiger partial charge is 0.456 e. The van der Waals surface area contributed by atoms with Crippen LogP contribution in [0.15, 0.2) is 77.2 Å². The van der Waals surface area contributed by atoms with Crippen molar-refractivity contribution in [2.75, 3.05) is 17.3 Å². The summed E-state index contributed by atoms with van der Waals surface area (Å²) in [4.78, 5) is 14.4. The summed E-state index contributed by atoms with van der Waals surface area (Å²) in [6, 6.07) is 23.2. The van der Waals surface area contributed by atoms with Crippen LogP contribution in [0.5, 0.6) is 0 Å². The average Bonchev–Trinajstić information content (AvgIpc) is 3.05. The molecule has 1 heterocycles. The molecule has 26 heavy (non-hydrogen) atoms. The zero-order valence-corrected chi connectivity index (χ0v) is 14.8. The van der Waals surface area contributed by atoms with E-state index >= 15 is 0 Å². The molecule has 0 aliphatic carbocycles. The molecule has 0 unspecified atom stereocenters. The van der Waals surface area contributed by atoms with Crippen LogP contribution in [0.2, 0.25) is 0 Å². The predicted molar refractivity (Wildman–Crippen MR) is 107 cm³/mol. The quantitative estimate of drug-likeness (QED) is 0.563. The number of likely N-dealkylation sites (N-methyl/N-ethyl adjacent to an activating group) is 1. The highest BCUT2D eigenvalue weighted by Crippen LogP contribution is 2.30. The Kier molecular flexibility index (Phi) is 4.09. The molecule has 130 valence electrons. The van der Waals surface area contributed by atoms with Gasteiger partial charge in [-0.1, -0.05) is 36.4 Å². The van der Waals surface area contributed by atoms with Crippen molar-refractivity contribution in [3.8, 4) is 0 Å². The molecule has 4 heteroatoms. The van der Waals surface area contributed by atoms with Crippen LogP contribution >= 0.6 is 0 Å². The number of carbonyl (C=O) groups excluding carboxylic acids is 1. The van der Waals surface area contributed by atoms with Gasteiger partial charge in [0.1, 0.15) is 17.2 Å². The number of para-hydroxylation sites is 2. The van der Waals surface area contributed by atoms with E-state index in [0.717, 1.165) is 33.3 Å². The van der Waals surface area contributed by atoms with Crippen LogP contribution < -0.4 is 10.2 Å². The normalized spacial score (nSPS) is 12.2. The minimum Gasteiger partial charge on any atom is -0.456 e. The van der Waals surface area contributed by atoms with Crippen molar-refractivity contribution in [3.05, 3.63) is 72.8 Å². The first-order valence-electron chi connectivity index (χ1n) is 8.64. The molecule has 1 amide bonds. The molecule has 0 fully saturated rings. The van der Waals surface area contributed by atoms with Crippen molar-refractivity contribution < 1.29 is 9.21 Å². The summed E-state index contributed by atoms with van der Waals surface area (Å²) in [5.41, 5.74) is 3.48. The number of fused-ring (bicyclic) bond motifs is 3. The highest BCUT2D eigenvalue weighted by Gasteiger charge is 2.19. The second-order valence-corrected chi connectivity index (χ2v) is 6.41. The molecule has 0 aliphatic heterocycles. The lowest BCUT2D eigenvalue weighted by molar-refractivity contribution is -0.118. The van der Waals surface area contributed by atoms with Crippen LogP contribution in [-0.2, 0) is 4.79 Å². The van der Waals surface area contributed by atoms with Crippen molar-refractivity contribution in [1.29, 1.82) is 0 Å². The summed E-state index contributed by atoms with van der Waals surface area (Å²) >= 11 is 0. The number of hydrogen-bond acceptors (Lipinski definition) is 3. The Morgan fingerprint density at radius 1 is 0.923 bits per heavy atom. The van der Waals surface area contributed by atoms with Crippen LogP contribution in [0.4, 0.5) is 11.4 Å². The molecule has 1 N–H and O–H groups in total. The van der Waals surface area contributed by atoms with Gasteiger partial charge in [0, 0.05) is 29.2 Å². The fourth-order valence-electron chi connectivity index (χ4n) is 3.20. The summed E-state index contributed by atoms with van der Waals surface area (Å²) in [6.45, 7) is 1.87. The Bertz CT molecular complexity index is 1070. The lowest BCUT2D eigenvalue weighted by Crippen LogP contribution is -2.39. The van der Waals surface area contributed by atoms with Gasteiger partial charge in [-0.05, 0) is 43.3 Å². The molecule has 0 spiro atoms. The van der Waals surface area contributed by atoms with E-state index in [1.165, 1.54) is 0 Å². The van der Waals surface area contributed by atoms with E-state index in [9.17, 15) is 4.79 Å². The maximum absolute atomic E-state index is 12.7. The van der Waals surface area contributed by atoms with E-state index in [-0.39, 0.29) is 11.9 Å². The Labute approximate surface area is 152 Å². The van der Waals surface area contributed by atoms with Crippen molar-refractivity contribution in [2.45, 2.75) is 13.0 Å². The minimum absolute atomic E-state index is 0.00773. The van der Waals surface area contributed by atoms with Crippen molar-refractivity contribution in [1.82, 2.24) is 0 Å². The third-order valence-corrected chi connectivity index (χ3v) is 4.60. The Balaban J connectivity index is 1.58. The zero-order valence-electron chi connectivity index (χ0n) is 14.8. The first-order valence-corrected chi connectivity index (χ1v) is 8.64. The van der Waals surface area contributed by atoms with Gasteiger partial charge in [0.2, 0.25) is 5.91 Å². The van der Waals surface area contributed by atoms with Gasteiger partial charge in [0.05, 0.1) is 0 Å². The number of nitrogens with zero attached hydrogens (tertiary/aromatic N) is 1. The van der Waals surface area contributed by atoms with Gasteiger partial charge in [0.25, 0.3) is 0 Å². The SMILES string of the molecule is C[C@@H](Nc1ccc2oc3ccccc3c2c1)C(=O)N(C)c1ccccc1. The maximum Gasteiger partial charge on any atom is 0.248 e. The zero-order chi connectivity index (χ0) is 18.1. The Morgan fingerprint density at radius 3 is 2.42 bits per heavy atom. The second-order valence-electron chi connectivity index (χ2n) is 6.41. The monoisotopic (exact) mass is 344 g/mol. The van der Waals surface area contributed by atoms with Crippen molar-refractivity contribution >= 4 is 39.2 Å². The fraction of sp³-hybridized carbons (Fsp3) is 0.136. The van der Waals surface area contributed by atoms with Crippen molar-refractivity contribution in [2.24, 2.45) is 0 Å². The molecular formula is C22H20N2O2. The van der Waals surface area contributed by atoms with Gasteiger partial charge >= 0.3 is 0 Å². The van der Waals surface area contributed by atoms with Crippen LogP contribution in [0.1, 0.15) is 6.92 Å². The number of hydrogen-bond donors (Lipinski definition) is 1. The minimum atomic E-state index is -0.351. The standard InChI is InChI=1S/C22H20N2O2/c1-15(22(25)24(2)17-8-4-3-5-9-17)23-16-12-13-21-19(14-16)18-10-6-7-11-20(18)26-21/h3-15,23H,1-2H3/t15-/m1/s1. The smallest absolute Gasteiger partial charge is 0.248 e. The van der Waals surface area contributed by atoms with Gasteiger partial charge in [-0.2, -0.15) is 0 Å². The van der Waals surface area contributed by atoms with E-state index in [2.05, 4.69) is 5.32 Å². The van der Waals surface area contributed by atoms with Crippen molar-refractivity contribution in [3.63, 3.8) is 0 Å². The van der Waals surface area contributed by atoms with Crippen LogP contribution in [-0.4, -0.2) is 19.0 Å². The highest BCUT2D eigenvalue weighted by molar-refractivity contribution is 6.06. The summed E-state index contributed by atoms with van der Waals surface area (Å²) in [5, 5.41) is 5.42. The molecule has 1 atom stereocenters. The molecule has 4 aromatic rings. The van der Waals surface area contributed by atoms with Crippen LogP contribution in [0.25, 0.3) is 21.9 Å². The predicted octanol–water partition coefficient (Wildman–Crippen LogP) is 5.05. The molecule has 0 bridgehead atoms. The summed E-state index contributed by atoms with van der Waals surface area (Å²) in [5.74, 6) is 0.00773. The molecule has 0 saturated heterocycles. The first kappa shape index (κ1) is 16.2. The van der Waals surface area contributed by atoms with Gasteiger partial charge in [-0.15, -0.1) is 0 Å². The number of benzene rings is 3. The average molecular weight is 344 g/mol. The molecule has 1 aromatic heterocycles. The second kappa shape index (κ2) is 6.56. The molecule has 0 saturated carbocycles. The summed E-state index contributed by atoms with van der Waals surface area (Å²) in [7, 11) is 1.79. The summed E-state index contributed by atoms with van der Waals surface area (Å²) < 4.78 is 5.85.